The smallest absolute Gasteiger partial charge is 0.137 e. The lowest BCUT2D eigenvalue weighted by Gasteiger charge is -2.29. The third kappa shape index (κ3) is 2.45. The first-order chi connectivity index (χ1) is 7.18. The molecule has 0 amide bonds. The Morgan fingerprint density at radius 3 is 3.00 bits per heavy atom. The molecule has 1 aliphatic rings. The number of benzene rings is 1. The molecule has 0 saturated heterocycles. The van der Waals surface area contributed by atoms with Gasteiger partial charge in [-0.05, 0) is 28.7 Å². The van der Waals surface area contributed by atoms with E-state index in [1.807, 2.05) is 0 Å². The molecular weight excluding hydrogens is 301 g/mol. The number of para-hydroxylation sites is 1. The second-order valence-electron chi connectivity index (χ2n) is 4.17. The van der Waals surface area contributed by atoms with Crippen molar-refractivity contribution in [2.45, 2.75) is 32.4 Å². The topological polar surface area (TPSA) is 21.3 Å². The quantitative estimate of drug-likeness (QED) is 0.846. The standard InChI is InChI=1S/C12H16INO/c1-8(2)14-11-6-7-15-12-9(11)4-3-5-10(12)13/h3-5,8,11,14H,6-7H2,1-2H3. The lowest BCUT2D eigenvalue weighted by molar-refractivity contribution is 0.246. The number of rotatable bonds is 2. The van der Waals surface area contributed by atoms with Crippen LogP contribution < -0.4 is 10.1 Å². The fourth-order valence-corrected chi connectivity index (χ4v) is 2.64. The molecule has 0 aliphatic carbocycles. The number of ether oxygens (including phenoxy) is 1. The van der Waals surface area contributed by atoms with Crippen LogP contribution in [-0.2, 0) is 0 Å². The third-order valence-corrected chi connectivity index (χ3v) is 3.41. The van der Waals surface area contributed by atoms with Crippen LogP contribution in [0, 0.1) is 3.57 Å². The van der Waals surface area contributed by atoms with Gasteiger partial charge in [0.05, 0.1) is 10.2 Å². The Kier molecular flexibility index (Phi) is 3.51. The van der Waals surface area contributed by atoms with E-state index >= 15 is 0 Å². The van der Waals surface area contributed by atoms with Crippen LogP contribution in [0.25, 0.3) is 0 Å². The summed E-state index contributed by atoms with van der Waals surface area (Å²) in [5.41, 5.74) is 1.31. The fourth-order valence-electron chi connectivity index (χ4n) is 1.96. The van der Waals surface area contributed by atoms with E-state index in [1.165, 1.54) is 9.13 Å². The van der Waals surface area contributed by atoms with Crippen molar-refractivity contribution in [3.8, 4) is 5.75 Å². The number of hydrogen-bond donors (Lipinski definition) is 1. The Labute approximate surface area is 105 Å². The molecule has 1 heterocycles. The molecule has 0 radical (unpaired) electrons. The maximum Gasteiger partial charge on any atom is 0.137 e. The normalized spacial score (nSPS) is 19.9. The molecule has 0 aromatic heterocycles. The van der Waals surface area contributed by atoms with E-state index < -0.39 is 0 Å². The Morgan fingerprint density at radius 1 is 1.47 bits per heavy atom. The molecule has 82 valence electrons. The summed E-state index contributed by atoms with van der Waals surface area (Å²) < 4.78 is 6.93. The summed E-state index contributed by atoms with van der Waals surface area (Å²) in [5.74, 6) is 1.07. The summed E-state index contributed by atoms with van der Waals surface area (Å²) in [5, 5.41) is 3.58. The van der Waals surface area contributed by atoms with Gasteiger partial charge in [0, 0.05) is 24.1 Å². The van der Waals surface area contributed by atoms with Gasteiger partial charge in [0.2, 0.25) is 0 Å². The molecular formula is C12H16INO. The third-order valence-electron chi connectivity index (χ3n) is 2.56. The molecule has 0 spiro atoms. The zero-order chi connectivity index (χ0) is 10.8. The minimum atomic E-state index is 0.448. The summed E-state index contributed by atoms with van der Waals surface area (Å²) in [6.07, 6.45) is 1.06. The van der Waals surface area contributed by atoms with Gasteiger partial charge < -0.3 is 10.1 Å². The number of fused-ring (bicyclic) bond motifs is 1. The van der Waals surface area contributed by atoms with Gasteiger partial charge in [0.1, 0.15) is 5.75 Å². The van der Waals surface area contributed by atoms with Gasteiger partial charge in [-0.2, -0.15) is 0 Å². The van der Waals surface area contributed by atoms with Crippen LogP contribution in [0.15, 0.2) is 18.2 Å². The molecule has 1 N–H and O–H groups in total. The minimum Gasteiger partial charge on any atom is -0.492 e. The van der Waals surface area contributed by atoms with E-state index in [0.717, 1.165) is 18.8 Å². The van der Waals surface area contributed by atoms with Crippen molar-refractivity contribution in [2.75, 3.05) is 6.61 Å². The highest BCUT2D eigenvalue weighted by Gasteiger charge is 2.22. The van der Waals surface area contributed by atoms with Crippen molar-refractivity contribution in [1.29, 1.82) is 0 Å². The molecule has 1 aliphatic heterocycles. The van der Waals surface area contributed by atoms with Crippen molar-refractivity contribution in [3.05, 3.63) is 27.3 Å². The Bertz CT molecular complexity index is 351. The van der Waals surface area contributed by atoms with Gasteiger partial charge in [-0.25, -0.2) is 0 Å². The Hall–Kier alpha value is -0.290. The average molecular weight is 317 g/mol. The van der Waals surface area contributed by atoms with Crippen LogP contribution in [0.2, 0.25) is 0 Å². The van der Waals surface area contributed by atoms with Crippen LogP contribution in [-0.4, -0.2) is 12.6 Å². The summed E-state index contributed by atoms with van der Waals surface area (Å²) in [6, 6.07) is 7.32. The zero-order valence-corrected chi connectivity index (χ0v) is 11.2. The summed E-state index contributed by atoms with van der Waals surface area (Å²) in [6.45, 7) is 5.18. The predicted molar refractivity (Wildman–Crippen MR) is 70.3 cm³/mol. The highest BCUT2D eigenvalue weighted by Crippen LogP contribution is 2.35. The molecule has 1 aromatic carbocycles. The van der Waals surface area contributed by atoms with E-state index in [-0.39, 0.29) is 0 Å². The first-order valence-corrected chi connectivity index (χ1v) is 6.43. The maximum absolute atomic E-state index is 5.72. The fraction of sp³-hybridized carbons (Fsp3) is 0.500. The number of halogens is 1. The number of nitrogens with one attached hydrogen (secondary N) is 1. The van der Waals surface area contributed by atoms with E-state index in [9.17, 15) is 0 Å². The summed E-state index contributed by atoms with van der Waals surface area (Å²) in [7, 11) is 0. The lowest BCUT2D eigenvalue weighted by Crippen LogP contribution is -2.32. The average Bonchev–Trinajstić information content (AvgIpc) is 2.19. The monoisotopic (exact) mass is 317 g/mol. The van der Waals surface area contributed by atoms with Crippen LogP contribution in [0.4, 0.5) is 0 Å². The minimum absolute atomic E-state index is 0.448. The van der Waals surface area contributed by atoms with Crippen molar-refractivity contribution < 1.29 is 4.74 Å². The van der Waals surface area contributed by atoms with Crippen LogP contribution in [0.5, 0.6) is 5.75 Å². The Balaban J connectivity index is 2.30. The summed E-state index contributed by atoms with van der Waals surface area (Å²) >= 11 is 2.33. The van der Waals surface area contributed by atoms with E-state index in [0.29, 0.717) is 12.1 Å². The molecule has 1 unspecified atom stereocenters. The molecule has 0 saturated carbocycles. The lowest BCUT2D eigenvalue weighted by atomic mass is 10.00. The Morgan fingerprint density at radius 2 is 2.27 bits per heavy atom. The highest BCUT2D eigenvalue weighted by atomic mass is 127. The summed E-state index contributed by atoms with van der Waals surface area (Å²) in [4.78, 5) is 0. The first kappa shape index (κ1) is 11.2. The first-order valence-electron chi connectivity index (χ1n) is 5.35. The van der Waals surface area contributed by atoms with Gasteiger partial charge in [0.25, 0.3) is 0 Å². The zero-order valence-electron chi connectivity index (χ0n) is 9.09. The van der Waals surface area contributed by atoms with Gasteiger partial charge >= 0.3 is 0 Å². The highest BCUT2D eigenvalue weighted by molar-refractivity contribution is 14.1. The van der Waals surface area contributed by atoms with E-state index in [1.54, 1.807) is 0 Å². The molecule has 2 rings (SSSR count). The second-order valence-corrected chi connectivity index (χ2v) is 5.33. The SMILES string of the molecule is CC(C)NC1CCOc2c(I)cccc21. The van der Waals surface area contributed by atoms with Gasteiger partial charge in [-0.15, -0.1) is 0 Å². The molecule has 0 fully saturated rings. The van der Waals surface area contributed by atoms with Crippen molar-refractivity contribution in [3.63, 3.8) is 0 Å². The number of hydrogen-bond acceptors (Lipinski definition) is 2. The van der Waals surface area contributed by atoms with Gasteiger partial charge in [-0.1, -0.05) is 26.0 Å². The van der Waals surface area contributed by atoms with Crippen molar-refractivity contribution >= 4 is 22.6 Å². The van der Waals surface area contributed by atoms with Crippen LogP contribution in [0.3, 0.4) is 0 Å². The molecule has 1 atom stereocenters. The van der Waals surface area contributed by atoms with Crippen LogP contribution >= 0.6 is 22.6 Å². The molecule has 0 bridgehead atoms. The maximum atomic E-state index is 5.72. The van der Waals surface area contributed by atoms with E-state index in [4.69, 9.17) is 4.74 Å². The van der Waals surface area contributed by atoms with Crippen molar-refractivity contribution in [2.24, 2.45) is 0 Å². The van der Waals surface area contributed by atoms with E-state index in [2.05, 4.69) is 60.0 Å². The predicted octanol–water partition coefficient (Wildman–Crippen LogP) is 3.11. The van der Waals surface area contributed by atoms with Gasteiger partial charge in [0.15, 0.2) is 0 Å². The molecule has 2 nitrogen and oxygen atoms in total. The molecule has 15 heavy (non-hydrogen) atoms. The molecule has 1 aromatic rings. The second kappa shape index (κ2) is 4.70. The van der Waals surface area contributed by atoms with Gasteiger partial charge in [-0.3, -0.25) is 0 Å². The molecule has 3 heteroatoms. The largest absolute Gasteiger partial charge is 0.492 e. The van der Waals surface area contributed by atoms with Crippen LogP contribution in [0.1, 0.15) is 31.9 Å². The van der Waals surface area contributed by atoms with Crippen molar-refractivity contribution in [1.82, 2.24) is 5.32 Å².